The van der Waals surface area contributed by atoms with E-state index in [1.807, 2.05) is 6.92 Å². The number of rotatable bonds is 6. The van der Waals surface area contributed by atoms with Gasteiger partial charge >= 0.3 is 0 Å². The van der Waals surface area contributed by atoms with Gasteiger partial charge in [-0.1, -0.05) is 13.3 Å². The average molecular weight is 314 g/mol. The van der Waals surface area contributed by atoms with Crippen molar-refractivity contribution >= 4 is 10.0 Å². The van der Waals surface area contributed by atoms with Gasteiger partial charge in [-0.25, -0.2) is 8.42 Å². The van der Waals surface area contributed by atoms with Gasteiger partial charge in [-0.15, -0.1) is 0 Å². The number of piperidine rings is 1. The van der Waals surface area contributed by atoms with Crippen LogP contribution in [0.1, 0.15) is 51.1 Å². The minimum Gasteiger partial charge on any atom is -0.464 e. The van der Waals surface area contributed by atoms with Gasteiger partial charge in [0.2, 0.25) is 10.0 Å². The van der Waals surface area contributed by atoms with Crippen molar-refractivity contribution in [2.24, 2.45) is 0 Å². The zero-order chi connectivity index (χ0) is 15.5. The lowest BCUT2D eigenvalue weighted by molar-refractivity contribution is 0.268. The highest BCUT2D eigenvalue weighted by Gasteiger charge is 2.33. The van der Waals surface area contributed by atoms with E-state index in [4.69, 9.17) is 4.42 Å². The van der Waals surface area contributed by atoms with Crippen molar-refractivity contribution in [1.29, 1.82) is 0 Å². The van der Waals surface area contributed by atoms with Gasteiger partial charge in [0.1, 0.15) is 16.4 Å². The van der Waals surface area contributed by atoms with Crippen molar-refractivity contribution in [3.8, 4) is 0 Å². The molecule has 120 valence electrons. The molecule has 5 nitrogen and oxygen atoms in total. The summed E-state index contributed by atoms with van der Waals surface area (Å²) in [6.45, 7) is 7.87. The third-order valence-electron chi connectivity index (χ3n) is 3.98. The fraction of sp³-hybridized carbons (Fsp3) is 0.733. The smallest absolute Gasteiger partial charge is 0.246 e. The summed E-state index contributed by atoms with van der Waals surface area (Å²) in [6.07, 6.45) is 4.01. The van der Waals surface area contributed by atoms with Crippen LogP contribution in [0, 0.1) is 6.92 Å². The molecule has 0 spiro atoms. The average Bonchev–Trinajstić information content (AvgIpc) is 2.81. The number of nitrogens with zero attached hydrogens (tertiary/aromatic N) is 1. The van der Waals surface area contributed by atoms with E-state index in [-0.39, 0.29) is 6.04 Å². The number of hydrogen-bond donors (Lipinski definition) is 1. The van der Waals surface area contributed by atoms with Gasteiger partial charge in [-0.2, -0.15) is 4.31 Å². The first-order valence-corrected chi connectivity index (χ1v) is 9.22. The Balaban J connectivity index is 2.19. The summed E-state index contributed by atoms with van der Waals surface area (Å²) in [7, 11) is -3.44. The Morgan fingerprint density at radius 1 is 1.43 bits per heavy atom. The molecule has 21 heavy (non-hydrogen) atoms. The second kappa shape index (κ2) is 6.94. The highest BCUT2D eigenvalue weighted by Crippen LogP contribution is 2.28. The molecule has 1 N–H and O–H groups in total. The second-order valence-electron chi connectivity index (χ2n) is 5.77. The van der Waals surface area contributed by atoms with Crippen LogP contribution in [-0.2, 0) is 16.6 Å². The van der Waals surface area contributed by atoms with E-state index in [0.717, 1.165) is 32.2 Å². The van der Waals surface area contributed by atoms with E-state index in [0.29, 0.717) is 29.5 Å². The van der Waals surface area contributed by atoms with Crippen molar-refractivity contribution in [1.82, 2.24) is 9.62 Å². The topological polar surface area (TPSA) is 62.6 Å². The molecular formula is C15H26N2O3S. The zero-order valence-electron chi connectivity index (χ0n) is 13.2. The van der Waals surface area contributed by atoms with Crippen LogP contribution in [0.2, 0.25) is 0 Å². The summed E-state index contributed by atoms with van der Waals surface area (Å²) in [6, 6.07) is 1.74. The minimum atomic E-state index is -3.44. The molecule has 2 rings (SSSR count). The van der Waals surface area contributed by atoms with Crippen LogP contribution in [0.4, 0.5) is 0 Å². The first kappa shape index (κ1) is 16.5. The third-order valence-corrected chi connectivity index (χ3v) is 6.10. The van der Waals surface area contributed by atoms with Crippen molar-refractivity contribution < 1.29 is 12.8 Å². The number of aryl methyl sites for hydroxylation is 1. The van der Waals surface area contributed by atoms with Crippen molar-refractivity contribution in [2.45, 2.75) is 63.9 Å². The maximum absolute atomic E-state index is 12.8. The molecule has 1 aromatic heterocycles. The van der Waals surface area contributed by atoms with Crippen LogP contribution in [-0.4, -0.2) is 31.9 Å². The quantitative estimate of drug-likeness (QED) is 0.820. The normalized spacial score (nSPS) is 20.8. The Hall–Kier alpha value is -0.850. The summed E-state index contributed by atoms with van der Waals surface area (Å²) in [5.41, 5.74) is 0. The van der Waals surface area contributed by atoms with Crippen LogP contribution in [0.15, 0.2) is 15.4 Å². The number of nitrogens with one attached hydrogen (secondary N) is 1. The third kappa shape index (κ3) is 3.67. The Morgan fingerprint density at radius 2 is 2.19 bits per heavy atom. The van der Waals surface area contributed by atoms with Gasteiger partial charge in [-0.3, -0.25) is 0 Å². The highest BCUT2D eigenvalue weighted by molar-refractivity contribution is 7.89. The lowest BCUT2D eigenvalue weighted by Crippen LogP contribution is -2.41. The lowest BCUT2D eigenvalue weighted by Gasteiger charge is -2.31. The van der Waals surface area contributed by atoms with Gasteiger partial charge in [0, 0.05) is 18.7 Å². The maximum atomic E-state index is 12.8. The summed E-state index contributed by atoms with van der Waals surface area (Å²) in [5, 5.41) is 3.23. The second-order valence-corrected chi connectivity index (χ2v) is 7.63. The fourth-order valence-corrected chi connectivity index (χ4v) is 4.70. The monoisotopic (exact) mass is 314 g/mol. The van der Waals surface area contributed by atoms with Crippen LogP contribution in [0.5, 0.6) is 0 Å². The SMILES string of the molecule is CCCNCc1cc(S(=O)(=O)N2CCCCC2C)c(C)o1. The van der Waals surface area contributed by atoms with Crippen molar-refractivity contribution in [2.75, 3.05) is 13.1 Å². The summed E-state index contributed by atoms with van der Waals surface area (Å²) < 4.78 is 32.8. The fourth-order valence-electron chi connectivity index (χ4n) is 2.81. The highest BCUT2D eigenvalue weighted by atomic mass is 32.2. The summed E-state index contributed by atoms with van der Waals surface area (Å²) >= 11 is 0. The molecule has 2 heterocycles. The number of hydrogen-bond acceptors (Lipinski definition) is 4. The summed E-state index contributed by atoms with van der Waals surface area (Å²) in [5.74, 6) is 1.17. The Labute approximate surface area is 127 Å². The first-order valence-electron chi connectivity index (χ1n) is 7.78. The van der Waals surface area contributed by atoms with Gasteiger partial charge in [0.05, 0.1) is 6.54 Å². The zero-order valence-corrected chi connectivity index (χ0v) is 14.0. The molecule has 0 radical (unpaired) electrons. The molecule has 1 unspecified atom stereocenters. The Kier molecular flexibility index (Phi) is 5.46. The number of furan rings is 1. The predicted octanol–water partition coefficient (Wildman–Crippen LogP) is 2.65. The Bertz CT molecular complexity index is 565. The molecule has 6 heteroatoms. The van der Waals surface area contributed by atoms with Crippen molar-refractivity contribution in [3.05, 3.63) is 17.6 Å². The van der Waals surface area contributed by atoms with E-state index in [1.165, 1.54) is 0 Å². The van der Waals surface area contributed by atoms with Crippen LogP contribution >= 0.6 is 0 Å². The van der Waals surface area contributed by atoms with E-state index in [2.05, 4.69) is 12.2 Å². The molecule has 0 amide bonds. The molecule has 0 aliphatic carbocycles. The maximum Gasteiger partial charge on any atom is 0.246 e. The molecule has 1 aliphatic heterocycles. The lowest BCUT2D eigenvalue weighted by atomic mass is 10.1. The standard InChI is InChI=1S/C15H26N2O3S/c1-4-8-16-11-14-10-15(13(3)20-14)21(18,19)17-9-6-5-7-12(17)2/h10,12,16H,4-9,11H2,1-3H3. The van der Waals surface area contributed by atoms with Gasteiger partial charge in [-0.05, 0) is 39.7 Å². The minimum absolute atomic E-state index is 0.0692. The molecule has 1 aromatic rings. The van der Waals surface area contributed by atoms with Crippen molar-refractivity contribution in [3.63, 3.8) is 0 Å². The molecule has 0 bridgehead atoms. The van der Waals surface area contributed by atoms with Crippen LogP contribution in [0.25, 0.3) is 0 Å². The van der Waals surface area contributed by atoms with Crippen LogP contribution < -0.4 is 5.32 Å². The van der Waals surface area contributed by atoms with E-state index >= 15 is 0 Å². The molecule has 1 aliphatic rings. The summed E-state index contributed by atoms with van der Waals surface area (Å²) in [4.78, 5) is 0.324. The Morgan fingerprint density at radius 3 is 2.86 bits per heavy atom. The van der Waals surface area contributed by atoms with Gasteiger partial charge in [0.15, 0.2) is 0 Å². The number of sulfonamides is 1. The van der Waals surface area contributed by atoms with Gasteiger partial charge in [0.25, 0.3) is 0 Å². The molecule has 1 atom stereocenters. The van der Waals surface area contributed by atoms with E-state index in [9.17, 15) is 8.42 Å². The molecule has 0 saturated carbocycles. The first-order chi connectivity index (χ1) is 9.96. The van der Waals surface area contributed by atoms with Crippen LogP contribution in [0.3, 0.4) is 0 Å². The molecule has 1 saturated heterocycles. The van der Waals surface area contributed by atoms with E-state index < -0.39 is 10.0 Å². The predicted molar refractivity (Wildman–Crippen MR) is 82.6 cm³/mol. The van der Waals surface area contributed by atoms with Gasteiger partial charge < -0.3 is 9.73 Å². The molecule has 0 aromatic carbocycles. The molecular weight excluding hydrogens is 288 g/mol. The van der Waals surface area contributed by atoms with E-state index in [1.54, 1.807) is 17.3 Å². The molecule has 1 fully saturated rings. The largest absolute Gasteiger partial charge is 0.464 e.